The van der Waals surface area contributed by atoms with Crippen LogP contribution in [-0.4, -0.2) is 36.5 Å². The molecule has 1 saturated heterocycles. The Morgan fingerprint density at radius 3 is 2.40 bits per heavy atom. The van der Waals surface area contributed by atoms with Gasteiger partial charge < -0.3 is 15.2 Å². The Labute approximate surface area is 92.2 Å². The normalized spacial score (nSPS) is 29.8. The lowest BCUT2D eigenvalue weighted by Crippen LogP contribution is -2.48. The molecule has 1 unspecified atom stereocenters. The van der Waals surface area contributed by atoms with Crippen LogP contribution < -0.4 is 5.32 Å². The third-order valence-corrected chi connectivity index (χ3v) is 4.24. The van der Waals surface area contributed by atoms with E-state index in [9.17, 15) is 5.11 Å². The van der Waals surface area contributed by atoms with Crippen molar-refractivity contribution in [3.63, 3.8) is 0 Å². The van der Waals surface area contributed by atoms with Gasteiger partial charge >= 0.3 is 0 Å². The Morgan fingerprint density at radius 2 is 1.87 bits per heavy atom. The first-order chi connectivity index (χ1) is 7.04. The molecule has 0 aromatic carbocycles. The summed E-state index contributed by atoms with van der Waals surface area (Å²) in [5.74, 6) is 0. The van der Waals surface area contributed by atoms with Gasteiger partial charge in [-0.25, -0.2) is 0 Å². The molecule has 2 aliphatic rings. The van der Waals surface area contributed by atoms with Gasteiger partial charge in [0.2, 0.25) is 0 Å². The van der Waals surface area contributed by atoms with Crippen molar-refractivity contribution in [1.82, 2.24) is 5.32 Å². The highest BCUT2D eigenvalue weighted by atomic mass is 16.5. The smallest absolute Gasteiger partial charge is 0.0815 e. The Kier molecular flexibility index (Phi) is 3.06. The van der Waals surface area contributed by atoms with Gasteiger partial charge in [0.05, 0.1) is 5.60 Å². The van der Waals surface area contributed by atoms with E-state index in [1.807, 2.05) is 0 Å². The summed E-state index contributed by atoms with van der Waals surface area (Å²) in [6.07, 6.45) is 4.18. The van der Waals surface area contributed by atoms with Gasteiger partial charge in [0, 0.05) is 38.6 Å². The molecule has 0 spiro atoms. The second-order valence-electron chi connectivity index (χ2n) is 5.59. The van der Waals surface area contributed by atoms with Gasteiger partial charge in [0.15, 0.2) is 0 Å². The van der Waals surface area contributed by atoms with Gasteiger partial charge in [0.25, 0.3) is 0 Å². The lowest BCUT2D eigenvalue weighted by molar-refractivity contribution is -0.0633. The van der Waals surface area contributed by atoms with Crippen molar-refractivity contribution in [1.29, 1.82) is 0 Å². The molecule has 2 rings (SSSR count). The van der Waals surface area contributed by atoms with Crippen LogP contribution in [0.2, 0.25) is 0 Å². The average molecular weight is 213 g/mol. The van der Waals surface area contributed by atoms with Crippen LogP contribution in [0.3, 0.4) is 0 Å². The molecule has 1 saturated carbocycles. The molecular formula is C12H23NO2. The van der Waals surface area contributed by atoms with E-state index >= 15 is 0 Å². The number of hydrogen-bond acceptors (Lipinski definition) is 3. The van der Waals surface area contributed by atoms with E-state index in [1.54, 1.807) is 0 Å². The van der Waals surface area contributed by atoms with Crippen LogP contribution in [0, 0.1) is 5.41 Å². The molecule has 1 atom stereocenters. The molecule has 1 aliphatic heterocycles. The Bertz CT molecular complexity index is 220. The average Bonchev–Trinajstić information content (AvgIpc) is 2.96. The lowest BCUT2D eigenvalue weighted by Gasteiger charge is -2.34. The zero-order valence-electron chi connectivity index (χ0n) is 9.88. The highest BCUT2D eigenvalue weighted by molar-refractivity contribution is 4.97. The van der Waals surface area contributed by atoms with Crippen LogP contribution in [0.15, 0.2) is 0 Å². The van der Waals surface area contributed by atoms with Crippen molar-refractivity contribution in [3.8, 4) is 0 Å². The van der Waals surface area contributed by atoms with Crippen LogP contribution in [0.5, 0.6) is 0 Å². The summed E-state index contributed by atoms with van der Waals surface area (Å²) in [6, 6.07) is 0.518. The first kappa shape index (κ1) is 11.4. The van der Waals surface area contributed by atoms with Crippen LogP contribution in [0.1, 0.15) is 39.5 Å². The van der Waals surface area contributed by atoms with Crippen LogP contribution >= 0.6 is 0 Å². The van der Waals surface area contributed by atoms with Gasteiger partial charge in [-0.15, -0.1) is 0 Å². The fraction of sp³-hybridized carbons (Fsp3) is 1.00. The maximum atomic E-state index is 10.3. The molecule has 0 radical (unpaired) electrons. The minimum absolute atomic E-state index is 0.488. The highest BCUT2D eigenvalue weighted by Crippen LogP contribution is 2.48. The molecule has 88 valence electrons. The Hall–Kier alpha value is -0.120. The monoisotopic (exact) mass is 213 g/mol. The molecule has 0 aromatic heterocycles. The Balaban J connectivity index is 1.76. The van der Waals surface area contributed by atoms with Crippen molar-refractivity contribution in [3.05, 3.63) is 0 Å². The molecule has 0 bridgehead atoms. The third kappa shape index (κ3) is 2.71. The van der Waals surface area contributed by atoms with Crippen molar-refractivity contribution in [2.75, 3.05) is 19.8 Å². The summed E-state index contributed by atoms with van der Waals surface area (Å²) in [5, 5.41) is 13.8. The first-order valence-electron chi connectivity index (χ1n) is 6.08. The van der Waals surface area contributed by atoms with Crippen LogP contribution in [-0.2, 0) is 4.74 Å². The summed E-state index contributed by atoms with van der Waals surface area (Å²) in [5.41, 5.74) is -0.0424. The van der Waals surface area contributed by atoms with Crippen LogP contribution in [0.4, 0.5) is 0 Å². The number of aliphatic hydroxyl groups is 1. The summed E-state index contributed by atoms with van der Waals surface area (Å²) < 4.78 is 5.26. The quantitative estimate of drug-likeness (QED) is 0.740. The van der Waals surface area contributed by atoms with Gasteiger partial charge in [-0.05, 0) is 25.2 Å². The number of ether oxygens (including phenoxy) is 1. The van der Waals surface area contributed by atoms with E-state index in [0.717, 1.165) is 12.8 Å². The van der Waals surface area contributed by atoms with E-state index in [1.165, 1.54) is 12.8 Å². The van der Waals surface area contributed by atoms with Crippen molar-refractivity contribution in [2.45, 2.75) is 51.2 Å². The summed E-state index contributed by atoms with van der Waals surface area (Å²) in [7, 11) is 0. The lowest BCUT2D eigenvalue weighted by atomic mass is 9.93. The molecule has 2 N–H and O–H groups in total. The Morgan fingerprint density at radius 1 is 1.27 bits per heavy atom. The highest BCUT2D eigenvalue weighted by Gasteiger charge is 2.43. The van der Waals surface area contributed by atoms with E-state index in [-0.39, 0.29) is 0 Å². The maximum Gasteiger partial charge on any atom is 0.0815 e. The number of rotatable bonds is 4. The van der Waals surface area contributed by atoms with Gasteiger partial charge in [-0.1, -0.05) is 6.92 Å². The number of nitrogens with one attached hydrogen (secondary N) is 1. The van der Waals surface area contributed by atoms with E-state index in [0.29, 0.717) is 31.2 Å². The molecule has 0 aromatic rings. The molecule has 15 heavy (non-hydrogen) atoms. The topological polar surface area (TPSA) is 41.5 Å². The van der Waals surface area contributed by atoms with Crippen molar-refractivity contribution < 1.29 is 9.84 Å². The molecule has 2 fully saturated rings. The molecular weight excluding hydrogens is 190 g/mol. The summed E-state index contributed by atoms with van der Waals surface area (Å²) in [6.45, 7) is 6.66. The standard InChI is InChI=1S/C12H23NO2/c1-10(11(2)3-4-11)13-9-12(14)5-7-15-8-6-12/h10,13-14H,3-9H2,1-2H3. The zero-order valence-corrected chi connectivity index (χ0v) is 9.88. The van der Waals surface area contributed by atoms with Crippen molar-refractivity contribution in [2.24, 2.45) is 5.41 Å². The van der Waals surface area contributed by atoms with E-state index in [4.69, 9.17) is 4.74 Å². The van der Waals surface area contributed by atoms with Gasteiger partial charge in [-0.2, -0.15) is 0 Å². The zero-order chi connectivity index (χ0) is 10.9. The first-order valence-corrected chi connectivity index (χ1v) is 6.08. The molecule has 1 heterocycles. The fourth-order valence-corrected chi connectivity index (χ4v) is 2.15. The van der Waals surface area contributed by atoms with Gasteiger partial charge in [-0.3, -0.25) is 0 Å². The summed E-state index contributed by atoms with van der Waals surface area (Å²) >= 11 is 0. The SMILES string of the molecule is CC(NCC1(O)CCOCC1)C1(C)CC1. The second-order valence-corrected chi connectivity index (χ2v) is 5.59. The fourth-order valence-electron chi connectivity index (χ4n) is 2.15. The van der Waals surface area contributed by atoms with E-state index in [2.05, 4.69) is 19.2 Å². The summed E-state index contributed by atoms with van der Waals surface area (Å²) in [4.78, 5) is 0. The largest absolute Gasteiger partial charge is 0.388 e. The van der Waals surface area contributed by atoms with Crippen molar-refractivity contribution >= 4 is 0 Å². The van der Waals surface area contributed by atoms with Gasteiger partial charge in [0.1, 0.15) is 0 Å². The second kappa shape index (κ2) is 4.04. The minimum Gasteiger partial charge on any atom is -0.388 e. The molecule has 3 nitrogen and oxygen atoms in total. The minimum atomic E-state index is -0.530. The predicted molar refractivity (Wildman–Crippen MR) is 59.8 cm³/mol. The molecule has 1 aliphatic carbocycles. The third-order valence-electron chi connectivity index (χ3n) is 4.24. The number of hydrogen-bond donors (Lipinski definition) is 2. The van der Waals surface area contributed by atoms with Crippen LogP contribution in [0.25, 0.3) is 0 Å². The van der Waals surface area contributed by atoms with E-state index < -0.39 is 5.60 Å². The molecule has 3 heteroatoms. The predicted octanol–water partition coefficient (Wildman–Crippen LogP) is 1.31. The molecule has 0 amide bonds. The maximum absolute atomic E-state index is 10.3.